The average molecular weight is 427 g/mol. The third-order valence-electron chi connectivity index (χ3n) is 4.46. The van der Waals surface area contributed by atoms with E-state index in [1.807, 2.05) is 0 Å². The van der Waals surface area contributed by atoms with Crippen molar-refractivity contribution in [3.8, 4) is 17.3 Å². The highest BCUT2D eigenvalue weighted by molar-refractivity contribution is 5.93. The van der Waals surface area contributed by atoms with E-state index in [2.05, 4.69) is 10.4 Å². The van der Waals surface area contributed by atoms with E-state index in [-0.39, 0.29) is 30.3 Å². The summed E-state index contributed by atoms with van der Waals surface area (Å²) in [5.74, 6) is -1.51. The third kappa shape index (κ3) is 5.19. The lowest BCUT2D eigenvalue weighted by Crippen LogP contribution is -2.30. The van der Waals surface area contributed by atoms with Crippen molar-refractivity contribution in [2.75, 3.05) is 13.7 Å². The highest BCUT2D eigenvalue weighted by Gasteiger charge is 2.23. The molecule has 0 radical (unpaired) electrons. The van der Waals surface area contributed by atoms with Gasteiger partial charge in [0.15, 0.2) is 5.69 Å². The summed E-state index contributed by atoms with van der Waals surface area (Å²) in [6, 6.07) is 13.3. The van der Waals surface area contributed by atoms with Gasteiger partial charge in [-0.3, -0.25) is 9.59 Å². The predicted octanol–water partition coefficient (Wildman–Crippen LogP) is 3.36. The molecule has 162 valence electrons. The largest absolute Gasteiger partial charge is 0.497 e. The number of hydrogen-bond acceptors (Lipinski definition) is 5. The molecule has 0 unspecified atom stereocenters. The number of nitrogens with zero attached hydrogens (tertiary/aromatic N) is 2. The zero-order chi connectivity index (χ0) is 22.4. The molecule has 2 N–H and O–H groups in total. The van der Waals surface area contributed by atoms with E-state index in [4.69, 9.17) is 9.47 Å². The number of benzene rings is 2. The molecule has 0 bridgehead atoms. The van der Waals surface area contributed by atoms with E-state index in [0.717, 1.165) is 0 Å². The first-order valence-electron chi connectivity index (χ1n) is 9.57. The molecule has 0 fully saturated rings. The minimum absolute atomic E-state index is 0.0370. The van der Waals surface area contributed by atoms with Crippen molar-refractivity contribution < 1.29 is 28.6 Å². The van der Waals surface area contributed by atoms with Crippen LogP contribution >= 0.6 is 0 Å². The quantitative estimate of drug-likeness (QED) is 0.543. The van der Waals surface area contributed by atoms with Crippen LogP contribution in [0.25, 0.3) is 5.69 Å². The molecule has 9 heteroatoms. The average Bonchev–Trinajstić information content (AvgIpc) is 3.17. The number of methoxy groups -OCH3 is 1. The lowest BCUT2D eigenvalue weighted by molar-refractivity contribution is -0.137. The van der Waals surface area contributed by atoms with Crippen LogP contribution in [-0.4, -0.2) is 40.5 Å². The Kier molecular flexibility index (Phi) is 6.86. The number of carbonyl (C=O) groups is 2. The second-order valence-electron chi connectivity index (χ2n) is 6.56. The number of halogens is 1. The molecule has 1 amide bonds. The lowest BCUT2D eigenvalue weighted by Gasteiger charge is -2.17. The molecular weight excluding hydrogens is 405 g/mol. The summed E-state index contributed by atoms with van der Waals surface area (Å²) >= 11 is 0. The minimum Gasteiger partial charge on any atom is -0.497 e. The number of aliphatic carboxylic acids is 1. The molecule has 0 aliphatic rings. The van der Waals surface area contributed by atoms with Crippen LogP contribution in [0.5, 0.6) is 11.6 Å². The summed E-state index contributed by atoms with van der Waals surface area (Å²) in [7, 11) is 1.49. The molecule has 31 heavy (non-hydrogen) atoms. The number of carboxylic acid groups (broad SMARTS) is 1. The maximum Gasteiger partial charge on any atom is 0.305 e. The molecule has 1 atom stereocenters. The van der Waals surface area contributed by atoms with Crippen molar-refractivity contribution in [2.45, 2.75) is 19.4 Å². The van der Waals surface area contributed by atoms with Gasteiger partial charge in [-0.2, -0.15) is 9.78 Å². The third-order valence-corrected chi connectivity index (χ3v) is 4.46. The Morgan fingerprint density at radius 3 is 2.65 bits per heavy atom. The number of carbonyl (C=O) groups excluding carboxylic acids is 1. The van der Waals surface area contributed by atoms with Gasteiger partial charge in [-0.1, -0.05) is 24.3 Å². The fraction of sp³-hybridized carbons (Fsp3) is 0.227. The molecule has 0 spiro atoms. The normalized spacial score (nSPS) is 11.6. The smallest absolute Gasteiger partial charge is 0.305 e. The molecule has 3 rings (SSSR count). The van der Waals surface area contributed by atoms with E-state index < -0.39 is 23.7 Å². The first kappa shape index (κ1) is 21.8. The summed E-state index contributed by atoms with van der Waals surface area (Å²) in [4.78, 5) is 24.2. The first-order chi connectivity index (χ1) is 14.9. The molecule has 1 aromatic heterocycles. The number of nitrogens with one attached hydrogen (secondary N) is 1. The summed E-state index contributed by atoms with van der Waals surface area (Å²) in [5.41, 5.74) is 0.651. The zero-order valence-corrected chi connectivity index (χ0v) is 17.0. The van der Waals surface area contributed by atoms with Crippen LogP contribution in [0.15, 0.2) is 54.6 Å². The van der Waals surface area contributed by atoms with Crippen molar-refractivity contribution in [3.05, 3.63) is 71.7 Å². The number of para-hydroxylation sites is 1. The van der Waals surface area contributed by atoms with E-state index in [1.165, 1.54) is 30.0 Å². The maximum atomic E-state index is 14.3. The van der Waals surface area contributed by atoms with Gasteiger partial charge in [-0.05, 0) is 36.8 Å². The molecule has 8 nitrogen and oxygen atoms in total. The Hall–Kier alpha value is -3.88. The fourth-order valence-electron chi connectivity index (χ4n) is 3.04. The van der Waals surface area contributed by atoms with Gasteiger partial charge in [-0.25, -0.2) is 4.39 Å². The van der Waals surface area contributed by atoms with Crippen molar-refractivity contribution in [2.24, 2.45) is 0 Å². The monoisotopic (exact) mass is 427 g/mol. The van der Waals surface area contributed by atoms with E-state index in [1.54, 1.807) is 43.3 Å². The van der Waals surface area contributed by atoms with Crippen LogP contribution in [0.2, 0.25) is 0 Å². The van der Waals surface area contributed by atoms with Gasteiger partial charge in [0.1, 0.15) is 17.3 Å². The Morgan fingerprint density at radius 2 is 1.97 bits per heavy atom. The Bertz CT molecular complexity index is 1080. The van der Waals surface area contributed by atoms with Crippen LogP contribution < -0.4 is 14.8 Å². The topological polar surface area (TPSA) is 103 Å². The van der Waals surface area contributed by atoms with Gasteiger partial charge in [-0.15, -0.1) is 0 Å². The summed E-state index contributed by atoms with van der Waals surface area (Å²) < 4.78 is 26.1. The molecule has 0 aliphatic carbocycles. The SMILES string of the molecule is CCOc1cc(C(=O)N[C@@H](CC(=O)O)c2cccc(OC)c2)nn1-c1ccccc1F. The van der Waals surface area contributed by atoms with Crippen LogP contribution in [0.1, 0.15) is 35.4 Å². The van der Waals surface area contributed by atoms with Crippen molar-refractivity contribution in [1.82, 2.24) is 15.1 Å². The van der Waals surface area contributed by atoms with Gasteiger partial charge in [0.25, 0.3) is 5.91 Å². The molecule has 0 aliphatic heterocycles. The fourth-order valence-corrected chi connectivity index (χ4v) is 3.04. The molecular formula is C22H22FN3O5. The molecule has 1 heterocycles. The lowest BCUT2D eigenvalue weighted by atomic mass is 10.0. The highest BCUT2D eigenvalue weighted by atomic mass is 19.1. The van der Waals surface area contributed by atoms with E-state index in [9.17, 15) is 19.1 Å². The van der Waals surface area contributed by atoms with Crippen molar-refractivity contribution in [1.29, 1.82) is 0 Å². The molecule has 0 saturated heterocycles. The van der Waals surface area contributed by atoms with Crippen LogP contribution in [0.3, 0.4) is 0 Å². The number of rotatable bonds is 9. The van der Waals surface area contributed by atoms with Crippen LogP contribution in [0.4, 0.5) is 4.39 Å². The van der Waals surface area contributed by atoms with Gasteiger partial charge in [0.2, 0.25) is 5.88 Å². The molecule has 3 aromatic rings. The minimum atomic E-state index is -1.08. The van der Waals surface area contributed by atoms with Gasteiger partial charge in [0, 0.05) is 6.07 Å². The summed E-state index contributed by atoms with van der Waals surface area (Å²) in [6.07, 6.45) is -0.342. The number of carboxylic acids is 1. The van der Waals surface area contributed by atoms with E-state index >= 15 is 0 Å². The second-order valence-corrected chi connectivity index (χ2v) is 6.56. The molecule has 0 saturated carbocycles. The van der Waals surface area contributed by atoms with Gasteiger partial charge >= 0.3 is 5.97 Å². The maximum absolute atomic E-state index is 14.3. The van der Waals surface area contributed by atoms with Gasteiger partial charge in [0.05, 0.1) is 26.2 Å². The number of hydrogen-bond donors (Lipinski definition) is 2. The van der Waals surface area contributed by atoms with Crippen molar-refractivity contribution in [3.63, 3.8) is 0 Å². The number of aromatic nitrogens is 2. The number of ether oxygens (including phenoxy) is 2. The van der Waals surface area contributed by atoms with E-state index in [0.29, 0.717) is 11.3 Å². The van der Waals surface area contributed by atoms with Crippen molar-refractivity contribution >= 4 is 11.9 Å². The second kappa shape index (κ2) is 9.75. The van der Waals surface area contributed by atoms with Crippen LogP contribution in [-0.2, 0) is 4.79 Å². The predicted molar refractivity (Wildman–Crippen MR) is 110 cm³/mol. The first-order valence-corrected chi connectivity index (χ1v) is 9.57. The summed E-state index contributed by atoms with van der Waals surface area (Å²) in [5, 5.41) is 16.2. The Morgan fingerprint density at radius 1 is 1.19 bits per heavy atom. The zero-order valence-electron chi connectivity index (χ0n) is 17.0. The van der Waals surface area contributed by atoms with Crippen LogP contribution in [0, 0.1) is 5.82 Å². The van der Waals surface area contributed by atoms with Gasteiger partial charge < -0.3 is 19.9 Å². The highest BCUT2D eigenvalue weighted by Crippen LogP contribution is 2.24. The summed E-state index contributed by atoms with van der Waals surface area (Å²) in [6.45, 7) is 2.04. The Labute approximate surface area is 178 Å². The number of amides is 1. The standard InChI is InChI=1S/C22H22FN3O5/c1-3-31-20-12-18(25-26(20)19-10-5-4-9-16(19)23)22(29)24-17(13-21(27)28)14-7-6-8-15(11-14)30-2/h4-12,17H,3,13H2,1-2H3,(H,24,29)(H,27,28)/t17-/m0/s1. The molecule has 2 aromatic carbocycles. The Balaban J connectivity index is 1.92.